The highest BCUT2D eigenvalue weighted by atomic mass is 15.6. The molecule has 3 aromatic heterocycles. The molecule has 4 aromatic rings. The molecule has 0 aliphatic carbocycles. The Labute approximate surface area is 132 Å². The van der Waals surface area contributed by atoms with Crippen molar-refractivity contribution in [2.45, 2.75) is 5.79 Å². The van der Waals surface area contributed by atoms with E-state index in [0.29, 0.717) is 5.69 Å². The summed E-state index contributed by atoms with van der Waals surface area (Å²) in [5.74, 6) is -0.885. The number of nitrogen functional groups attached to an aromatic ring is 1. The van der Waals surface area contributed by atoms with Gasteiger partial charge in [-0.15, -0.1) is 0 Å². The Morgan fingerprint density at radius 1 is 0.696 bits per heavy atom. The van der Waals surface area contributed by atoms with Crippen molar-refractivity contribution in [1.29, 1.82) is 0 Å². The lowest BCUT2D eigenvalue weighted by atomic mass is 10.1. The second-order valence-corrected chi connectivity index (χ2v) is 5.11. The molecule has 1 aromatic carbocycles. The highest BCUT2D eigenvalue weighted by Crippen LogP contribution is 2.29. The van der Waals surface area contributed by atoms with Crippen LogP contribution in [0.25, 0.3) is 0 Å². The summed E-state index contributed by atoms with van der Waals surface area (Å²) in [7, 11) is 0. The van der Waals surface area contributed by atoms with Crippen molar-refractivity contribution < 1.29 is 0 Å². The summed E-state index contributed by atoms with van der Waals surface area (Å²) in [6.07, 6.45) is 10.9. The Morgan fingerprint density at radius 3 is 1.48 bits per heavy atom. The molecule has 0 atom stereocenters. The maximum atomic E-state index is 5.86. The zero-order chi connectivity index (χ0) is 15.7. The lowest BCUT2D eigenvalue weighted by Crippen LogP contribution is -2.50. The zero-order valence-corrected chi connectivity index (χ0v) is 12.3. The van der Waals surface area contributed by atoms with Gasteiger partial charge < -0.3 is 5.73 Å². The quantitative estimate of drug-likeness (QED) is 0.581. The number of rotatable bonds is 4. The Morgan fingerprint density at radius 2 is 1.13 bits per heavy atom. The van der Waals surface area contributed by atoms with E-state index in [0.717, 1.165) is 5.56 Å². The molecule has 23 heavy (non-hydrogen) atoms. The van der Waals surface area contributed by atoms with Crippen LogP contribution >= 0.6 is 0 Å². The molecule has 0 bridgehead atoms. The summed E-state index contributed by atoms with van der Waals surface area (Å²) in [6.45, 7) is 0. The first-order valence-electron chi connectivity index (χ1n) is 7.18. The van der Waals surface area contributed by atoms with E-state index >= 15 is 0 Å². The minimum atomic E-state index is -0.885. The molecule has 0 amide bonds. The molecule has 4 rings (SSSR count). The maximum Gasteiger partial charge on any atom is 0.276 e. The summed E-state index contributed by atoms with van der Waals surface area (Å²) in [5, 5.41) is 13.4. The normalized spacial score (nSPS) is 11.7. The Balaban J connectivity index is 2.08. The van der Waals surface area contributed by atoms with Gasteiger partial charge >= 0.3 is 0 Å². The second-order valence-electron chi connectivity index (χ2n) is 5.11. The molecule has 0 saturated carbocycles. The Kier molecular flexibility index (Phi) is 2.97. The van der Waals surface area contributed by atoms with Crippen LogP contribution in [0, 0.1) is 0 Å². The van der Waals surface area contributed by atoms with Gasteiger partial charge in [-0.1, -0.05) is 12.1 Å². The van der Waals surface area contributed by atoms with Crippen molar-refractivity contribution in [2.24, 2.45) is 0 Å². The predicted octanol–water partition coefficient (Wildman–Crippen LogP) is 1.61. The fourth-order valence-corrected chi connectivity index (χ4v) is 2.78. The van der Waals surface area contributed by atoms with Crippen LogP contribution in [-0.2, 0) is 5.79 Å². The summed E-state index contributed by atoms with van der Waals surface area (Å²) < 4.78 is 5.45. The highest BCUT2D eigenvalue weighted by Gasteiger charge is 2.40. The van der Waals surface area contributed by atoms with E-state index in [1.165, 1.54) is 0 Å². The van der Waals surface area contributed by atoms with Crippen LogP contribution in [0.2, 0.25) is 0 Å². The first-order chi connectivity index (χ1) is 11.3. The standard InChI is InChI=1S/C16H15N7/c17-15-6-4-14(5-7-15)16(21-11-1-8-18-21,22-12-2-9-19-22)23-13-3-10-20-23/h1-13H,17H2. The number of hydrogen-bond donors (Lipinski definition) is 1. The number of nitrogens with zero attached hydrogens (tertiary/aromatic N) is 6. The van der Waals surface area contributed by atoms with Crippen molar-refractivity contribution in [2.75, 3.05) is 5.73 Å². The van der Waals surface area contributed by atoms with Crippen LogP contribution in [0.4, 0.5) is 5.69 Å². The number of hydrogen-bond acceptors (Lipinski definition) is 4. The molecule has 0 aliphatic heterocycles. The Hall–Kier alpha value is -3.35. The van der Waals surface area contributed by atoms with Gasteiger partial charge in [-0.3, -0.25) is 0 Å². The second kappa shape index (κ2) is 5.13. The lowest BCUT2D eigenvalue weighted by Gasteiger charge is -2.35. The molecule has 0 spiro atoms. The third-order valence-corrected chi connectivity index (χ3v) is 3.77. The predicted molar refractivity (Wildman–Crippen MR) is 85.4 cm³/mol. The van der Waals surface area contributed by atoms with Crippen LogP contribution < -0.4 is 5.73 Å². The molecule has 0 saturated heterocycles. The topological polar surface area (TPSA) is 79.5 Å². The van der Waals surface area contributed by atoms with Crippen LogP contribution in [0.15, 0.2) is 79.6 Å². The van der Waals surface area contributed by atoms with Crippen molar-refractivity contribution >= 4 is 5.69 Å². The smallest absolute Gasteiger partial charge is 0.276 e. The van der Waals surface area contributed by atoms with Crippen LogP contribution in [0.1, 0.15) is 5.56 Å². The van der Waals surface area contributed by atoms with Gasteiger partial charge in [-0.05, 0) is 30.3 Å². The number of benzene rings is 1. The van der Waals surface area contributed by atoms with Crippen molar-refractivity contribution in [3.63, 3.8) is 0 Å². The molecule has 114 valence electrons. The summed E-state index contributed by atoms with van der Waals surface area (Å²) in [6, 6.07) is 13.3. The van der Waals surface area contributed by atoms with Crippen molar-refractivity contribution in [1.82, 2.24) is 29.3 Å². The molecule has 0 fully saturated rings. The third kappa shape index (κ3) is 1.94. The van der Waals surface area contributed by atoms with Gasteiger partial charge in [-0.2, -0.15) is 15.3 Å². The summed E-state index contributed by atoms with van der Waals surface area (Å²) >= 11 is 0. The molecule has 2 N–H and O–H groups in total. The van der Waals surface area contributed by atoms with Crippen LogP contribution in [0.3, 0.4) is 0 Å². The monoisotopic (exact) mass is 305 g/mol. The van der Waals surface area contributed by atoms with E-state index in [1.807, 2.05) is 75.1 Å². The molecule has 7 heteroatoms. The molecule has 0 aliphatic rings. The SMILES string of the molecule is Nc1ccc(C(n2cccn2)(n2cccn2)n2cccn2)cc1. The first-order valence-corrected chi connectivity index (χ1v) is 7.18. The largest absolute Gasteiger partial charge is 0.399 e. The molecular formula is C16H15N7. The minimum absolute atomic E-state index is 0.698. The summed E-state index contributed by atoms with van der Waals surface area (Å²) in [4.78, 5) is 0. The number of anilines is 1. The first kappa shape index (κ1) is 13.3. The summed E-state index contributed by atoms with van der Waals surface area (Å²) in [5.41, 5.74) is 7.49. The van der Waals surface area contributed by atoms with E-state index in [1.54, 1.807) is 18.6 Å². The van der Waals surface area contributed by atoms with E-state index in [4.69, 9.17) is 5.73 Å². The van der Waals surface area contributed by atoms with Crippen LogP contribution in [0.5, 0.6) is 0 Å². The van der Waals surface area contributed by atoms with E-state index in [9.17, 15) is 0 Å². The Bertz CT molecular complexity index is 775. The van der Waals surface area contributed by atoms with E-state index in [2.05, 4.69) is 15.3 Å². The van der Waals surface area contributed by atoms with Gasteiger partial charge in [0.2, 0.25) is 0 Å². The van der Waals surface area contributed by atoms with E-state index < -0.39 is 5.79 Å². The molecular weight excluding hydrogens is 290 g/mol. The average molecular weight is 305 g/mol. The lowest BCUT2D eigenvalue weighted by molar-refractivity contribution is 0.169. The van der Waals surface area contributed by atoms with Gasteiger partial charge in [0.25, 0.3) is 5.79 Å². The maximum absolute atomic E-state index is 5.86. The fraction of sp³-hybridized carbons (Fsp3) is 0.0625. The van der Waals surface area contributed by atoms with Gasteiger partial charge in [0, 0.05) is 48.4 Å². The molecule has 0 unspecified atom stereocenters. The van der Waals surface area contributed by atoms with Gasteiger partial charge in [0.15, 0.2) is 0 Å². The van der Waals surface area contributed by atoms with Crippen molar-refractivity contribution in [3.05, 3.63) is 85.2 Å². The van der Waals surface area contributed by atoms with Gasteiger partial charge in [0.1, 0.15) is 0 Å². The van der Waals surface area contributed by atoms with Crippen molar-refractivity contribution in [3.8, 4) is 0 Å². The molecule has 0 radical (unpaired) electrons. The molecule has 7 nitrogen and oxygen atoms in total. The zero-order valence-electron chi connectivity index (χ0n) is 12.3. The fourth-order valence-electron chi connectivity index (χ4n) is 2.78. The van der Waals surface area contributed by atoms with Crippen LogP contribution in [-0.4, -0.2) is 29.3 Å². The minimum Gasteiger partial charge on any atom is -0.399 e. The van der Waals surface area contributed by atoms with E-state index in [-0.39, 0.29) is 0 Å². The van der Waals surface area contributed by atoms with Gasteiger partial charge in [-0.25, -0.2) is 14.0 Å². The number of aromatic nitrogens is 6. The average Bonchev–Trinajstić information content (AvgIpc) is 3.35. The third-order valence-electron chi connectivity index (χ3n) is 3.77. The highest BCUT2D eigenvalue weighted by molar-refractivity contribution is 5.41. The molecule has 3 heterocycles. The number of nitrogens with two attached hydrogens (primary N) is 1. The van der Waals surface area contributed by atoms with Gasteiger partial charge in [0.05, 0.1) is 0 Å².